The SMILES string of the molecule is O=C(NCCNc1ccc(C(F)(F)F)cn1)c1cccc(NC(=O)c2cccnc2)c1. The summed E-state index contributed by atoms with van der Waals surface area (Å²) >= 11 is 0. The van der Waals surface area contributed by atoms with Gasteiger partial charge in [0, 0.05) is 42.9 Å². The first-order chi connectivity index (χ1) is 14.8. The minimum Gasteiger partial charge on any atom is -0.368 e. The van der Waals surface area contributed by atoms with Gasteiger partial charge in [-0.3, -0.25) is 14.6 Å². The highest BCUT2D eigenvalue weighted by atomic mass is 19.4. The van der Waals surface area contributed by atoms with Crippen molar-refractivity contribution in [3.8, 4) is 0 Å². The second-order valence-electron chi connectivity index (χ2n) is 6.39. The van der Waals surface area contributed by atoms with Gasteiger partial charge in [0.05, 0.1) is 11.1 Å². The number of alkyl halides is 3. The van der Waals surface area contributed by atoms with E-state index in [-0.39, 0.29) is 30.7 Å². The van der Waals surface area contributed by atoms with Crippen LogP contribution < -0.4 is 16.0 Å². The topological polar surface area (TPSA) is 96.0 Å². The molecule has 2 amide bonds. The maximum absolute atomic E-state index is 12.5. The highest BCUT2D eigenvalue weighted by Crippen LogP contribution is 2.28. The smallest absolute Gasteiger partial charge is 0.368 e. The Morgan fingerprint density at radius 1 is 0.903 bits per heavy atom. The van der Waals surface area contributed by atoms with Gasteiger partial charge >= 0.3 is 6.18 Å². The van der Waals surface area contributed by atoms with Gasteiger partial charge in [0.25, 0.3) is 11.8 Å². The van der Waals surface area contributed by atoms with Gasteiger partial charge in [-0.2, -0.15) is 13.2 Å². The van der Waals surface area contributed by atoms with E-state index in [1.807, 2.05) is 0 Å². The molecule has 160 valence electrons. The monoisotopic (exact) mass is 429 g/mol. The molecule has 3 N–H and O–H groups in total. The van der Waals surface area contributed by atoms with E-state index in [0.717, 1.165) is 12.3 Å². The summed E-state index contributed by atoms with van der Waals surface area (Å²) in [6.45, 7) is 0.481. The fraction of sp³-hybridized carbons (Fsp3) is 0.143. The van der Waals surface area contributed by atoms with Crippen LogP contribution in [0.3, 0.4) is 0 Å². The summed E-state index contributed by atoms with van der Waals surface area (Å²) < 4.78 is 37.6. The predicted molar refractivity (Wildman–Crippen MR) is 109 cm³/mol. The molecular weight excluding hydrogens is 411 g/mol. The lowest BCUT2D eigenvalue weighted by atomic mass is 10.1. The lowest BCUT2D eigenvalue weighted by Crippen LogP contribution is -2.29. The number of nitrogens with one attached hydrogen (secondary N) is 3. The first kappa shape index (κ1) is 21.8. The molecule has 3 aromatic rings. The van der Waals surface area contributed by atoms with Crippen LogP contribution in [-0.4, -0.2) is 34.9 Å². The maximum Gasteiger partial charge on any atom is 0.417 e. The number of benzene rings is 1. The van der Waals surface area contributed by atoms with Crippen LogP contribution in [0, 0.1) is 0 Å². The standard InChI is InChI=1S/C21H18F3N5O2/c22-21(23,24)16-6-7-18(28-13-16)26-9-10-27-19(30)14-3-1-5-17(11-14)29-20(31)15-4-2-8-25-12-15/h1-8,11-13H,9-10H2,(H,26,28)(H,27,30)(H,29,31). The van der Waals surface area contributed by atoms with E-state index in [1.54, 1.807) is 36.5 Å². The summed E-state index contributed by atoms with van der Waals surface area (Å²) in [5.74, 6) is -0.444. The van der Waals surface area contributed by atoms with Gasteiger partial charge in [-0.25, -0.2) is 4.98 Å². The Morgan fingerprint density at radius 3 is 2.39 bits per heavy atom. The number of pyridine rings is 2. The normalized spacial score (nSPS) is 10.9. The Morgan fingerprint density at radius 2 is 1.71 bits per heavy atom. The summed E-state index contributed by atoms with van der Waals surface area (Å²) in [5, 5.41) is 8.21. The number of nitrogens with zero attached hydrogens (tertiary/aromatic N) is 2. The Bertz CT molecular complexity index is 1040. The number of hydrogen-bond donors (Lipinski definition) is 3. The summed E-state index contributed by atoms with van der Waals surface area (Å²) in [4.78, 5) is 32.1. The van der Waals surface area contributed by atoms with E-state index >= 15 is 0 Å². The molecule has 0 spiro atoms. The van der Waals surface area contributed by atoms with Gasteiger partial charge in [-0.1, -0.05) is 6.07 Å². The molecule has 0 aliphatic rings. The van der Waals surface area contributed by atoms with Crippen molar-refractivity contribution in [2.75, 3.05) is 23.7 Å². The summed E-state index contributed by atoms with van der Waals surface area (Å²) in [6.07, 6.45) is -0.702. The molecule has 1 aromatic carbocycles. The van der Waals surface area contributed by atoms with Crippen molar-refractivity contribution in [3.63, 3.8) is 0 Å². The van der Waals surface area contributed by atoms with Crippen LogP contribution in [0.1, 0.15) is 26.3 Å². The molecule has 2 heterocycles. The minimum atomic E-state index is -4.44. The van der Waals surface area contributed by atoms with Gasteiger partial charge in [0.15, 0.2) is 0 Å². The fourth-order valence-corrected chi connectivity index (χ4v) is 2.57. The molecule has 0 aliphatic carbocycles. The molecule has 0 saturated heterocycles. The zero-order valence-electron chi connectivity index (χ0n) is 16.1. The van der Waals surface area contributed by atoms with E-state index in [0.29, 0.717) is 16.8 Å². The molecule has 0 bridgehead atoms. The van der Waals surface area contributed by atoms with Crippen molar-refractivity contribution in [3.05, 3.63) is 83.8 Å². The number of carbonyl (C=O) groups is 2. The molecule has 31 heavy (non-hydrogen) atoms. The van der Waals surface area contributed by atoms with Crippen LogP contribution in [0.2, 0.25) is 0 Å². The minimum absolute atomic E-state index is 0.216. The largest absolute Gasteiger partial charge is 0.417 e. The lowest BCUT2D eigenvalue weighted by molar-refractivity contribution is -0.137. The Kier molecular flexibility index (Phi) is 6.81. The van der Waals surface area contributed by atoms with Crippen molar-refractivity contribution in [2.24, 2.45) is 0 Å². The third-order valence-electron chi connectivity index (χ3n) is 4.11. The summed E-state index contributed by atoms with van der Waals surface area (Å²) in [5.41, 5.74) is 0.354. The van der Waals surface area contributed by atoms with Crippen LogP contribution in [-0.2, 0) is 6.18 Å². The molecular formula is C21H18F3N5O2. The second-order valence-corrected chi connectivity index (χ2v) is 6.39. The van der Waals surface area contributed by atoms with E-state index in [2.05, 4.69) is 25.9 Å². The molecule has 0 saturated carbocycles. The first-order valence-corrected chi connectivity index (χ1v) is 9.20. The number of carbonyl (C=O) groups excluding carboxylic acids is 2. The molecule has 3 rings (SSSR count). The molecule has 2 aromatic heterocycles. The summed E-state index contributed by atoms with van der Waals surface area (Å²) in [7, 11) is 0. The molecule has 0 unspecified atom stereocenters. The van der Waals surface area contributed by atoms with Gasteiger partial charge in [-0.05, 0) is 42.5 Å². The van der Waals surface area contributed by atoms with Gasteiger partial charge in [-0.15, -0.1) is 0 Å². The van der Waals surface area contributed by atoms with Crippen molar-refractivity contribution < 1.29 is 22.8 Å². The molecule has 7 nitrogen and oxygen atoms in total. The average Bonchev–Trinajstić information content (AvgIpc) is 2.77. The van der Waals surface area contributed by atoms with Gasteiger partial charge in [0.1, 0.15) is 5.82 Å². The quantitative estimate of drug-likeness (QED) is 0.499. The van der Waals surface area contributed by atoms with E-state index in [9.17, 15) is 22.8 Å². The van der Waals surface area contributed by atoms with Crippen molar-refractivity contribution in [2.45, 2.75) is 6.18 Å². The highest BCUT2D eigenvalue weighted by molar-refractivity contribution is 6.04. The average molecular weight is 429 g/mol. The predicted octanol–water partition coefficient (Wildman–Crippen LogP) is 3.59. The summed E-state index contributed by atoms with van der Waals surface area (Å²) in [6, 6.07) is 11.8. The fourth-order valence-electron chi connectivity index (χ4n) is 2.57. The van der Waals surface area contributed by atoms with Gasteiger partial charge in [0.2, 0.25) is 0 Å². The molecule has 0 atom stereocenters. The van der Waals surface area contributed by atoms with E-state index < -0.39 is 11.7 Å². The number of anilines is 2. The lowest BCUT2D eigenvalue weighted by Gasteiger charge is -2.10. The van der Waals surface area contributed by atoms with Crippen LogP contribution >= 0.6 is 0 Å². The first-order valence-electron chi connectivity index (χ1n) is 9.20. The number of halogens is 3. The molecule has 0 radical (unpaired) electrons. The Hall–Kier alpha value is -3.95. The zero-order valence-corrected chi connectivity index (χ0v) is 16.1. The number of amides is 2. The number of aromatic nitrogens is 2. The second kappa shape index (κ2) is 9.70. The van der Waals surface area contributed by atoms with Crippen molar-refractivity contribution in [1.29, 1.82) is 0 Å². The third kappa shape index (κ3) is 6.26. The van der Waals surface area contributed by atoms with E-state index in [4.69, 9.17) is 0 Å². The molecule has 0 aliphatic heterocycles. The third-order valence-corrected chi connectivity index (χ3v) is 4.11. The molecule has 0 fully saturated rings. The van der Waals surface area contributed by atoms with Crippen LogP contribution in [0.4, 0.5) is 24.7 Å². The van der Waals surface area contributed by atoms with Crippen LogP contribution in [0.25, 0.3) is 0 Å². The Balaban J connectivity index is 1.48. The van der Waals surface area contributed by atoms with Crippen LogP contribution in [0.15, 0.2) is 67.1 Å². The van der Waals surface area contributed by atoms with Crippen molar-refractivity contribution in [1.82, 2.24) is 15.3 Å². The van der Waals surface area contributed by atoms with Crippen LogP contribution in [0.5, 0.6) is 0 Å². The van der Waals surface area contributed by atoms with Crippen molar-refractivity contribution >= 4 is 23.3 Å². The maximum atomic E-state index is 12.5. The van der Waals surface area contributed by atoms with Gasteiger partial charge < -0.3 is 16.0 Å². The Labute approximate surface area is 175 Å². The number of rotatable bonds is 7. The highest BCUT2D eigenvalue weighted by Gasteiger charge is 2.30. The van der Waals surface area contributed by atoms with E-state index in [1.165, 1.54) is 18.3 Å². The zero-order chi connectivity index (χ0) is 22.3. The number of hydrogen-bond acceptors (Lipinski definition) is 5. The molecule has 10 heteroatoms.